The third-order valence-corrected chi connectivity index (χ3v) is 2.48. The van der Waals surface area contributed by atoms with Gasteiger partial charge in [-0.05, 0) is 12.0 Å². The molecule has 1 N–H and O–H groups in total. The number of carbonyl (C=O) groups is 1. The highest BCUT2D eigenvalue weighted by molar-refractivity contribution is 5.85. The average Bonchev–Trinajstić information content (AvgIpc) is 2.27. The standard InChI is InChI=1S/C12H16O2/c1-3-9(2)11(13)12(14)10-7-5-4-6-8-10/h4-9,12,14H,3H2,1-2H3/t9?,12-/m1/s1. The van der Waals surface area contributed by atoms with Crippen molar-refractivity contribution in [3.8, 4) is 0 Å². The van der Waals surface area contributed by atoms with Crippen LogP contribution in [-0.2, 0) is 4.79 Å². The Labute approximate surface area is 84.6 Å². The van der Waals surface area contributed by atoms with Crippen LogP contribution < -0.4 is 0 Å². The maximum Gasteiger partial charge on any atom is 0.168 e. The van der Waals surface area contributed by atoms with Gasteiger partial charge in [0.25, 0.3) is 0 Å². The SMILES string of the molecule is CCC(C)C(=O)[C@H](O)c1ccccc1. The van der Waals surface area contributed by atoms with Crippen LogP contribution in [0.2, 0.25) is 0 Å². The smallest absolute Gasteiger partial charge is 0.168 e. The zero-order chi connectivity index (χ0) is 10.6. The number of aliphatic hydroxyl groups excluding tert-OH is 1. The molecule has 0 aliphatic rings. The number of ketones is 1. The number of benzene rings is 1. The molecule has 0 amide bonds. The molecule has 76 valence electrons. The van der Waals surface area contributed by atoms with Crippen molar-refractivity contribution < 1.29 is 9.90 Å². The molecule has 0 aliphatic heterocycles. The van der Waals surface area contributed by atoms with Crippen molar-refractivity contribution in [2.45, 2.75) is 26.4 Å². The van der Waals surface area contributed by atoms with Gasteiger partial charge in [-0.3, -0.25) is 4.79 Å². The van der Waals surface area contributed by atoms with Crippen LogP contribution in [0.25, 0.3) is 0 Å². The van der Waals surface area contributed by atoms with Crippen molar-refractivity contribution in [2.75, 3.05) is 0 Å². The van der Waals surface area contributed by atoms with Crippen LogP contribution in [0.4, 0.5) is 0 Å². The molecule has 0 saturated carbocycles. The Balaban J connectivity index is 2.76. The van der Waals surface area contributed by atoms with Crippen LogP contribution in [0, 0.1) is 5.92 Å². The van der Waals surface area contributed by atoms with E-state index in [1.807, 2.05) is 32.0 Å². The van der Waals surface area contributed by atoms with Crippen molar-refractivity contribution in [3.05, 3.63) is 35.9 Å². The van der Waals surface area contributed by atoms with E-state index in [-0.39, 0.29) is 11.7 Å². The molecular weight excluding hydrogens is 176 g/mol. The maximum atomic E-state index is 11.6. The van der Waals surface area contributed by atoms with E-state index in [0.717, 1.165) is 6.42 Å². The minimum Gasteiger partial charge on any atom is -0.381 e. The van der Waals surface area contributed by atoms with Crippen LogP contribution in [0.5, 0.6) is 0 Å². The summed E-state index contributed by atoms with van der Waals surface area (Å²) in [7, 11) is 0. The van der Waals surface area contributed by atoms with Crippen molar-refractivity contribution in [2.24, 2.45) is 5.92 Å². The van der Waals surface area contributed by atoms with Gasteiger partial charge in [0.05, 0.1) is 0 Å². The van der Waals surface area contributed by atoms with Crippen LogP contribution >= 0.6 is 0 Å². The summed E-state index contributed by atoms with van der Waals surface area (Å²) in [4.78, 5) is 11.6. The molecule has 1 unspecified atom stereocenters. The van der Waals surface area contributed by atoms with Crippen LogP contribution in [0.15, 0.2) is 30.3 Å². The second-order valence-electron chi connectivity index (χ2n) is 3.52. The summed E-state index contributed by atoms with van der Waals surface area (Å²) in [6, 6.07) is 9.05. The summed E-state index contributed by atoms with van der Waals surface area (Å²) in [6.07, 6.45) is -0.200. The van der Waals surface area contributed by atoms with Gasteiger partial charge in [-0.15, -0.1) is 0 Å². The molecule has 2 nitrogen and oxygen atoms in total. The maximum absolute atomic E-state index is 11.6. The lowest BCUT2D eigenvalue weighted by molar-refractivity contribution is -0.131. The molecule has 1 aromatic carbocycles. The summed E-state index contributed by atoms with van der Waals surface area (Å²) in [5.41, 5.74) is 0.679. The molecule has 2 heteroatoms. The van der Waals surface area contributed by atoms with Crippen LogP contribution in [-0.4, -0.2) is 10.9 Å². The monoisotopic (exact) mass is 192 g/mol. The predicted octanol–water partition coefficient (Wildman–Crippen LogP) is 2.34. The van der Waals surface area contributed by atoms with Gasteiger partial charge in [0, 0.05) is 5.92 Å². The van der Waals surface area contributed by atoms with Crippen LogP contribution in [0.1, 0.15) is 31.9 Å². The molecule has 0 fully saturated rings. The fourth-order valence-electron chi connectivity index (χ4n) is 1.27. The van der Waals surface area contributed by atoms with Gasteiger partial charge in [-0.25, -0.2) is 0 Å². The molecule has 0 radical (unpaired) electrons. The zero-order valence-electron chi connectivity index (χ0n) is 8.60. The van der Waals surface area contributed by atoms with Gasteiger partial charge in [0.15, 0.2) is 5.78 Å². The molecule has 0 heterocycles. The largest absolute Gasteiger partial charge is 0.381 e. The summed E-state index contributed by atoms with van der Waals surface area (Å²) in [6.45, 7) is 3.79. The fraction of sp³-hybridized carbons (Fsp3) is 0.417. The van der Waals surface area contributed by atoms with E-state index >= 15 is 0 Å². The lowest BCUT2D eigenvalue weighted by atomic mass is 9.95. The van der Waals surface area contributed by atoms with Crippen LogP contribution in [0.3, 0.4) is 0 Å². The highest BCUT2D eigenvalue weighted by Gasteiger charge is 2.21. The number of carbonyl (C=O) groups excluding carboxylic acids is 1. The predicted molar refractivity (Wildman–Crippen MR) is 55.9 cm³/mol. The molecule has 0 bridgehead atoms. The van der Waals surface area contributed by atoms with Crippen molar-refractivity contribution >= 4 is 5.78 Å². The number of hydrogen-bond acceptors (Lipinski definition) is 2. The van der Waals surface area contributed by atoms with E-state index in [4.69, 9.17) is 0 Å². The van der Waals surface area contributed by atoms with E-state index < -0.39 is 6.10 Å². The molecule has 1 aromatic rings. The van der Waals surface area contributed by atoms with E-state index in [1.165, 1.54) is 0 Å². The first-order chi connectivity index (χ1) is 6.66. The third kappa shape index (κ3) is 2.42. The minimum absolute atomic E-state index is 0.0785. The average molecular weight is 192 g/mol. The third-order valence-electron chi connectivity index (χ3n) is 2.48. The van der Waals surface area contributed by atoms with E-state index in [2.05, 4.69) is 0 Å². The molecule has 0 aromatic heterocycles. The second-order valence-corrected chi connectivity index (χ2v) is 3.52. The molecule has 2 atom stereocenters. The Morgan fingerprint density at radius 3 is 2.43 bits per heavy atom. The van der Waals surface area contributed by atoms with Gasteiger partial charge in [0.2, 0.25) is 0 Å². The van der Waals surface area contributed by atoms with E-state index in [0.29, 0.717) is 5.56 Å². The molecule has 1 rings (SSSR count). The highest BCUT2D eigenvalue weighted by Crippen LogP contribution is 2.18. The quantitative estimate of drug-likeness (QED) is 0.795. The number of rotatable bonds is 4. The first-order valence-corrected chi connectivity index (χ1v) is 4.93. The molecule has 0 aliphatic carbocycles. The number of Topliss-reactive ketones (excluding diaryl/α,β-unsaturated/α-hetero) is 1. The Morgan fingerprint density at radius 1 is 1.36 bits per heavy atom. The zero-order valence-corrected chi connectivity index (χ0v) is 8.60. The Hall–Kier alpha value is -1.15. The first kappa shape index (κ1) is 10.9. The fourth-order valence-corrected chi connectivity index (χ4v) is 1.27. The van der Waals surface area contributed by atoms with E-state index in [9.17, 15) is 9.90 Å². The van der Waals surface area contributed by atoms with Gasteiger partial charge < -0.3 is 5.11 Å². The summed E-state index contributed by atoms with van der Waals surface area (Å²) < 4.78 is 0. The Bertz CT molecular complexity index is 292. The topological polar surface area (TPSA) is 37.3 Å². The summed E-state index contributed by atoms with van der Waals surface area (Å²) in [5, 5.41) is 9.74. The summed E-state index contributed by atoms with van der Waals surface area (Å²) >= 11 is 0. The Kier molecular flexibility index (Phi) is 3.84. The lowest BCUT2D eigenvalue weighted by Gasteiger charge is -2.13. The van der Waals surface area contributed by atoms with Gasteiger partial charge in [-0.2, -0.15) is 0 Å². The summed E-state index contributed by atoms with van der Waals surface area (Å²) in [5.74, 6) is -0.177. The molecule has 0 spiro atoms. The minimum atomic E-state index is -0.967. The lowest BCUT2D eigenvalue weighted by Crippen LogP contribution is -2.19. The van der Waals surface area contributed by atoms with Crippen molar-refractivity contribution in [1.82, 2.24) is 0 Å². The van der Waals surface area contributed by atoms with Gasteiger partial charge in [0.1, 0.15) is 6.10 Å². The molecule has 0 saturated heterocycles. The van der Waals surface area contributed by atoms with Gasteiger partial charge >= 0.3 is 0 Å². The van der Waals surface area contributed by atoms with Crippen molar-refractivity contribution in [3.63, 3.8) is 0 Å². The number of hydrogen-bond donors (Lipinski definition) is 1. The molecular formula is C12H16O2. The second kappa shape index (κ2) is 4.91. The Morgan fingerprint density at radius 2 is 1.93 bits per heavy atom. The highest BCUT2D eigenvalue weighted by atomic mass is 16.3. The first-order valence-electron chi connectivity index (χ1n) is 4.93. The normalized spacial score (nSPS) is 14.8. The number of aliphatic hydroxyl groups is 1. The van der Waals surface area contributed by atoms with E-state index in [1.54, 1.807) is 12.1 Å². The molecule has 14 heavy (non-hydrogen) atoms. The van der Waals surface area contributed by atoms with Crippen molar-refractivity contribution in [1.29, 1.82) is 0 Å². The van der Waals surface area contributed by atoms with Gasteiger partial charge in [-0.1, -0.05) is 44.2 Å².